The summed E-state index contributed by atoms with van der Waals surface area (Å²) >= 11 is 1.37. The van der Waals surface area contributed by atoms with Gasteiger partial charge in [0.2, 0.25) is 0 Å². The maximum absolute atomic E-state index is 13.4. The van der Waals surface area contributed by atoms with Crippen LogP contribution in [0.3, 0.4) is 0 Å². The molecule has 0 unspecified atom stereocenters. The lowest BCUT2D eigenvalue weighted by Gasteiger charge is -2.25. The SMILES string of the molecule is COc1ccc(F)cc1C(=O)Nc1nc(CN2CCCCC2)cs1. The molecule has 1 aromatic heterocycles. The van der Waals surface area contributed by atoms with Crippen LogP contribution in [-0.2, 0) is 6.54 Å². The van der Waals surface area contributed by atoms with Crippen LogP contribution in [-0.4, -0.2) is 36.0 Å². The van der Waals surface area contributed by atoms with E-state index in [0.717, 1.165) is 31.4 Å². The van der Waals surface area contributed by atoms with Crippen molar-refractivity contribution < 1.29 is 13.9 Å². The van der Waals surface area contributed by atoms with Crippen LogP contribution in [0.5, 0.6) is 5.75 Å². The summed E-state index contributed by atoms with van der Waals surface area (Å²) in [5.41, 5.74) is 1.11. The van der Waals surface area contributed by atoms with Crippen molar-refractivity contribution in [3.63, 3.8) is 0 Å². The van der Waals surface area contributed by atoms with E-state index in [4.69, 9.17) is 4.74 Å². The number of carbonyl (C=O) groups excluding carboxylic acids is 1. The Hall–Kier alpha value is -1.99. The van der Waals surface area contributed by atoms with Gasteiger partial charge in [-0.05, 0) is 44.1 Å². The Morgan fingerprint density at radius 3 is 2.92 bits per heavy atom. The molecule has 24 heavy (non-hydrogen) atoms. The zero-order valence-electron chi connectivity index (χ0n) is 13.5. The number of halogens is 1. The van der Waals surface area contributed by atoms with Crippen molar-refractivity contribution in [3.8, 4) is 5.75 Å². The fourth-order valence-electron chi connectivity index (χ4n) is 2.81. The lowest BCUT2D eigenvalue weighted by atomic mass is 10.1. The number of ether oxygens (including phenoxy) is 1. The molecule has 1 aliphatic heterocycles. The highest BCUT2D eigenvalue weighted by Gasteiger charge is 2.16. The highest BCUT2D eigenvalue weighted by atomic mass is 32.1. The number of anilines is 1. The molecule has 0 aliphatic carbocycles. The molecule has 128 valence electrons. The number of piperidine rings is 1. The van der Waals surface area contributed by atoms with Gasteiger partial charge in [-0.3, -0.25) is 15.0 Å². The number of rotatable bonds is 5. The van der Waals surface area contributed by atoms with Crippen molar-refractivity contribution in [1.82, 2.24) is 9.88 Å². The summed E-state index contributed by atoms with van der Waals surface area (Å²) in [4.78, 5) is 19.2. The molecule has 2 aromatic rings. The van der Waals surface area contributed by atoms with E-state index >= 15 is 0 Å². The van der Waals surface area contributed by atoms with E-state index in [1.54, 1.807) is 0 Å². The number of likely N-dealkylation sites (tertiary alicyclic amines) is 1. The van der Waals surface area contributed by atoms with Gasteiger partial charge in [-0.1, -0.05) is 6.42 Å². The third kappa shape index (κ3) is 4.10. The molecule has 0 atom stereocenters. The summed E-state index contributed by atoms with van der Waals surface area (Å²) in [6.07, 6.45) is 3.75. The van der Waals surface area contributed by atoms with Gasteiger partial charge < -0.3 is 4.74 Å². The zero-order chi connectivity index (χ0) is 16.9. The molecule has 1 aromatic carbocycles. The summed E-state index contributed by atoms with van der Waals surface area (Å²) in [6, 6.07) is 3.86. The van der Waals surface area contributed by atoms with Gasteiger partial charge in [0.05, 0.1) is 18.4 Å². The van der Waals surface area contributed by atoms with Crippen LogP contribution in [0.2, 0.25) is 0 Å². The lowest BCUT2D eigenvalue weighted by molar-refractivity contribution is 0.102. The Kier molecular flexibility index (Phi) is 5.42. The van der Waals surface area contributed by atoms with Gasteiger partial charge in [0.25, 0.3) is 5.91 Å². The molecular weight excluding hydrogens is 329 g/mol. The van der Waals surface area contributed by atoms with Gasteiger partial charge in [-0.2, -0.15) is 0 Å². The molecule has 0 spiro atoms. The van der Waals surface area contributed by atoms with Crippen LogP contribution in [0.1, 0.15) is 35.3 Å². The van der Waals surface area contributed by atoms with Crippen molar-refractivity contribution in [2.75, 3.05) is 25.5 Å². The summed E-state index contributed by atoms with van der Waals surface area (Å²) < 4.78 is 18.5. The fraction of sp³-hybridized carbons (Fsp3) is 0.412. The number of nitrogens with one attached hydrogen (secondary N) is 1. The number of benzene rings is 1. The first kappa shape index (κ1) is 16.9. The molecule has 3 rings (SSSR count). The van der Waals surface area contributed by atoms with Gasteiger partial charge in [-0.25, -0.2) is 9.37 Å². The molecule has 0 saturated carbocycles. The summed E-state index contributed by atoms with van der Waals surface area (Å²) in [5, 5.41) is 5.18. The Bertz CT molecular complexity index is 714. The van der Waals surface area contributed by atoms with Crippen molar-refractivity contribution in [2.24, 2.45) is 0 Å². The van der Waals surface area contributed by atoms with E-state index < -0.39 is 11.7 Å². The fourth-order valence-corrected chi connectivity index (χ4v) is 3.50. The minimum Gasteiger partial charge on any atom is -0.496 e. The number of hydrogen-bond acceptors (Lipinski definition) is 5. The van der Waals surface area contributed by atoms with Crippen LogP contribution in [0.15, 0.2) is 23.6 Å². The molecule has 0 radical (unpaired) electrons. The third-order valence-electron chi connectivity index (χ3n) is 4.01. The quantitative estimate of drug-likeness (QED) is 0.897. The first-order valence-corrected chi connectivity index (χ1v) is 8.85. The predicted molar refractivity (Wildman–Crippen MR) is 92.1 cm³/mol. The smallest absolute Gasteiger partial charge is 0.261 e. The monoisotopic (exact) mass is 349 g/mol. The number of hydrogen-bond donors (Lipinski definition) is 1. The number of amides is 1. The van der Waals surface area contributed by atoms with Crippen LogP contribution in [0, 0.1) is 5.82 Å². The molecule has 1 N–H and O–H groups in total. The molecule has 1 amide bonds. The number of aromatic nitrogens is 1. The molecule has 1 fully saturated rings. The normalized spacial score (nSPS) is 15.2. The minimum absolute atomic E-state index is 0.158. The first-order chi connectivity index (χ1) is 11.7. The molecular formula is C17H20FN3O2S. The van der Waals surface area contributed by atoms with E-state index in [9.17, 15) is 9.18 Å². The van der Waals surface area contributed by atoms with Gasteiger partial charge in [0, 0.05) is 11.9 Å². The van der Waals surface area contributed by atoms with Crippen LogP contribution >= 0.6 is 11.3 Å². The highest BCUT2D eigenvalue weighted by molar-refractivity contribution is 7.14. The minimum atomic E-state index is -0.481. The summed E-state index contributed by atoms with van der Waals surface area (Å²) in [5.74, 6) is -0.574. The number of nitrogens with zero attached hydrogens (tertiary/aromatic N) is 2. The average molecular weight is 349 g/mol. The average Bonchev–Trinajstić information content (AvgIpc) is 3.02. The first-order valence-electron chi connectivity index (χ1n) is 7.97. The Balaban J connectivity index is 1.66. The Morgan fingerprint density at radius 1 is 1.38 bits per heavy atom. The van der Waals surface area contributed by atoms with Crippen LogP contribution in [0.4, 0.5) is 9.52 Å². The standard InChI is InChI=1S/C17H20FN3O2S/c1-23-15-6-5-12(18)9-14(15)16(22)20-17-19-13(11-24-17)10-21-7-3-2-4-8-21/h5-6,9,11H,2-4,7-8,10H2,1H3,(H,19,20,22). The molecule has 2 heterocycles. The summed E-state index contributed by atoms with van der Waals surface area (Å²) in [7, 11) is 1.45. The van der Waals surface area contributed by atoms with E-state index in [1.165, 1.54) is 49.8 Å². The van der Waals surface area contributed by atoms with E-state index in [2.05, 4.69) is 15.2 Å². The van der Waals surface area contributed by atoms with E-state index in [-0.39, 0.29) is 5.56 Å². The number of carbonyl (C=O) groups is 1. The van der Waals surface area contributed by atoms with Gasteiger partial charge in [0.1, 0.15) is 11.6 Å². The van der Waals surface area contributed by atoms with Gasteiger partial charge >= 0.3 is 0 Å². The Labute approximate surface area is 144 Å². The topological polar surface area (TPSA) is 54.5 Å². The number of thiazole rings is 1. The van der Waals surface area contributed by atoms with E-state index in [0.29, 0.717) is 10.9 Å². The van der Waals surface area contributed by atoms with Gasteiger partial charge in [0.15, 0.2) is 5.13 Å². The molecule has 0 bridgehead atoms. The van der Waals surface area contributed by atoms with Crippen molar-refractivity contribution in [2.45, 2.75) is 25.8 Å². The second-order valence-corrected chi connectivity index (χ2v) is 6.64. The molecule has 7 heteroatoms. The van der Waals surface area contributed by atoms with Crippen molar-refractivity contribution in [1.29, 1.82) is 0 Å². The largest absolute Gasteiger partial charge is 0.496 e. The maximum atomic E-state index is 13.4. The van der Waals surface area contributed by atoms with Crippen LogP contribution < -0.4 is 10.1 Å². The van der Waals surface area contributed by atoms with E-state index in [1.807, 2.05) is 5.38 Å². The zero-order valence-corrected chi connectivity index (χ0v) is 14.4. The van der Waals surface area contributed by atoms with Crippen LogP contribution in [0.25, 0.3) is 0 Å². The second kappa shape index (κ2) is 7.72. The number of methoxy groups -OCH3 is 1. The summed E-state index contributed by atoms with van der Waals surface area (Å²) in [6.45, 7) is 3.00. The lowest BCUT2D eigenvalue weighted by Crippen LogP contribution is -2.29. The van der Waals surface area contributed by atoms with Gasteiger partial charge in [-0.15, -0.1) is 11.3 Å². The van der Waals surface area contributed by atoms with Crippen molar-refractivity contribution >= 4 is 22.4 Å². The second-order valence-electron chi connectivity index (χ2n) is 5.78. The molecule has 1 saturated heterocycles. The maximum Gasteiger partial charge on any atom is 0.261 e. The highest BCUT2D eigenvalue weighted by Crippen LogP contribution is 2.23. The Morgan fingerprint density at radius 2 is 2.17 bits per heavy atom. The predicted octanol–water partition coefficient (Wildman–Crippen LogP) is 3.53. The molecule has 5 nitrogen and oxygen atoms in total. The molecule has 1 aliphatic rings. The van der Waals surface area contributed by atoms with Crippen molar-refractivity contribution in [3.05, 3.63) is 40.7 Å². The third-order valence-corrected chi connectivity index (χ3v) is 4.82.